The summed E-state index contributed by atoms with van der Waals surface area (Å²) >= 11 is 5.82. The molecule has 136 valence electrons. The Morgan fingerprint density at radius 2 is 1.96 bits per heavy atom. The van der Waals surface area contributed by atoms with Gasteiger partial charge in [0.2, 0.25) is 0 Å². The number of nitro groups is 1. The first-order valence-corrected chi connectivity index (χ1v) is 8.07. The Balaban J connectivity index is 1.75. The lowest BCUT2D eigenvalue weighted by Crippen LogP contribution is -2.18. The molecule has 0 fully saturated rings. The molecule has 0 aliphatic carbocycles. The second-order valence-electron chi connectivity index (χ2n) is 5.44. The third-order valence-electron chi connectivity index (χ3n) is 3.69. The number of amides is 1. The van der Waals surface area contributed by atoms with Crippen LogP contribution in [0.2, 0.25) is 5.02 Å². The summed E-state index contributed by atoms with van der Waals surface area (Å²) in [6.45, 7) is 0. The summed E-state index contributed by atoms with van der Waals surface area (Å²) in [5.41, 5.74) is 3.66. The number of nitrogens with one attached hydrogen (secondary N) is 1. The smallest absolute Gasteiger partial charge is 0.275 e. The summed E-state index contributed by atoms with van der Waals surface area (Å²) in [6, 6.07) is 13.7. The van der Waals surface area contributed by atoms with Crippen LogP contribution in [0.25, 0.3) is 5.69 Å². The number of hydrogen-bond acceptors (Lipinski definition) is 5. The molecule has 27 heavy (non-hydrogen) atoms. The zero-order valence-corrected chi connectivity index (χ0v) is 14.5. The van der Waals surface area contributed by atoms with E-state index in [-0.39, 0.29) is 17.0 Å². The molecule has 9 heteroatoms. The lowest BCUT2D eigenvalue weighted by molar-refractivity contribution is -0.384. The van der Waals surface area contributed by atoms with Gasteiger partial charge in [0.05, 0.1) is 22.4 Å². The number of benzene rings is 2. The van der Waals surface area contributed by atoms with Gasteiger partial charge in [0.25, 0.3) is 11.6 Å². The lowest BCUT2D eigenvalue weighted by atomic mass is 10.2. The van der Waals surface area contributed by atoms with Gasteiger partial charge in [-0.15, -0.1) is 0 Å². The van der Waals surface area contributed by atoms with Crippen molar-refractivity contribution in [3.63, 3.8) is 0 Å². The van der Waals surface area contributed by atoms with Crippen molar-refractivity contribution in [1.82, 2.24) is 9.99 Å². The molecule has 1 amide bonds. The molecule has 0 aliphatic heterocycles. The first-order valence-electron chi connectivity index (χ1n) is 7.70. The van der Waals surface area contributed by atoms with E-state index in [9.17, 15) is 20.0 Å². The molecule has 0 bridgehead atoms. The van der Waals surface area contributed by atoms with Crippen LogP contribution in [-0.4, -0.2) is 26.7 Å². The molecule has 2 aromatic carbocycles. The fourth-order valence-corrected chi connectivity index (χ4v) is 2.55. The van der Waals surface area contributed by atoms with Crippen LogP contribution in [-0.2, 0) is 0 Å². The predicted molar refractivity (Wildman–Crippen MR) is 101 cm³/mol. The summed E-state index contributed by atoms with van der Waals surface area (Å²) in [5, 5.41) is 24.7. The minimum absolute atomic E-state index is 0.00489. The molecule has 3 rings (SSSR count). The normalized spacial score (nSPS) is 10.9. The second-order valence-corrected chi connectivity index (χ2v) is 5.87. The fraction of sp³-hybridized carbons (Fsp3) is 0. The minimum atomic E-state index is -0.611. The van der Waals surface area contributed by atoms with Crippen LogP contribution in [0.3, 0.4) is 0 Å². The monoisotopic (exact) mass is 384 g/mol. The van der Waals surface area contributed by atoms with Crippen LogP contribution >= 0.6 is 11.6 Å². The van der Waals surface area contributed by atoms with Crippen molar-refractivity contribution < 1.29 is 14.8 Å². The van der Waals surface area contributed by atoms with Gasteiger partial charge in [0, 0.05) is 29.0 Å². The van der Waals surface area contributed by atoms with Crippen LogP contribution < -0.4 is 5.43 Å². The number of rotatable bonds is 5. The molecule has 0 unspecified atom stereocenters. The van der Waals surface area contributed by atoms with Crippen molar-refractivity contribution in [3.05, 3.63) is 87.2 Å². The number of aromatic nitrogens is 1. The van der Waals surface area contributed by atoms with Crippen molar-refractivity contribution >= 4 is 29.4 Å². The second kappa shape index (κ2) is 7.71. The standard InChI is InChI=1S/C18H13ClN4O4/c19-12-3-8-17(24)16(10-12)18(25)21-20-11-15-2-1-9-22(15)13-4-6-14(7-5-13)23(26)27/h1-11,24H,(H,21,25)/b20-11-. The maximum absolute atomic E-state index is 12.1. The highest BCUT2D eigenvalue weighted by Crippen LogP contribution is 2.21. The quantitative estimate of drug-likeness (QED) is 0.398. The summed E-state index contributed by atoms with van der Waals surface area (Å²) in [7, 11) is 0. The predicted octanol–water partition coefficient (Wildman–Crippen LogP) is 3.51. The molecule has 8 nitrogen and oxygen atoms in total. The molecule has 0 atom stereocenters. The molecule has 0 radical (unpaired) electrons. The average molecular weight is 385 g/mol. The number of carbonyl (C=O) groups excluding carboxylic acids is 1. The Hall–Kier alpha value is -3.65. The Labute approximate surface area is 158 Å². The first-order chi connectivity index (χ1) is 13.0. The van der Waals surface area contributed by atoms with Gasteiger partial charge in [-0.1, -0.05) is 11.6 Å². The van der Waals surface area contributed by atoms with Gasteiger partial charge >= 0.3 is 0 Å². The van der Waals surface area contributed by atoms with Crippen LogP contribution in [0.15, 0.2) is 65.9 Å². The van der Waals surface area contributed by atoms with Gasteiger partial charge in [-0.05, 0) is 42.5 Å². The van der Waals surface area contributed by atoms with Crippen molar-refractivity contribution in [3.8, 4) is 11.4 Å². The highest BCUT2D eigenvalue weighted by Gasteiger charge is 2.11. The van der Waals surface area contributed by atoms with Gasteiger partial charge in [0.1, 0.15) is 5.75 Å². The topological polar surface area (TPSA) is 110 Å². The highest BCUT2D eigenvalue weighted by molar-refractivity contribution is 6.31. The van der Waals surface area contributed by atoms with E-state index in [1.807, 2.05) is 0 Å². The highest BCUT2D eigenvalue weighted by atomic mass is 35.5. The van der Waals surface area contributed by atoms with Crippen LogP contribution in [0.5, 0.6) is 5.75 Å². The maximum atomic E-state index is 12.1. The Morgan fingerprint density at radius 3 is 2.67 bits per heavy atom. The van der Waals surface area contributed by atoms with E-state index in [4.69, 9.17) is 11.6 Å². The van der Waals surface area contributed by atoms with Crippen LogP contribution in [0, 0.1) is 10.1 Å². The number of non-ortho nitro benzene ring substituents is 1. The number of nitro benzene ring substituents is 1. The molecule has 0 saturated carbocycles. The molecule has 0 spiro atoms. The van der Waals surface area contributed by atoms with Gasteiger partial charge < -0.3 is 9.67 Å². The number of phenolic OH excluding ortho intramolecular Hbond substituents is 1. The van der Waals surface area contributed by atoms with E-state index in [2.05, 4.69) is 10.5 Å². The zero-order chi connectivity index (χ0) is 19.4. The third kappa shape index (κ3) is 4.13. The Morgan fingerprint density at radius 1 is 1.22 bits per heavy atom. The van der Waals surface area contributed by atoms with Crippen molar-refractivity contribution in [2.75, 3.05) is 0 Å². The van der Waals surface area contributed by atoms with E-state index in [0.717, 1.165) is 0 Å². The van der Waals surface area contributed by atoms with Crippen molar-refractivity contribution in [2.24, 2.45) is 5.10 Å². The summed E-state index contributed by atoms with van der Waals surface area (Å²) in [4.78, 5) is 22.4. The van der Waals surface area contributed by atoms with Gasteiger partial charge in [-0.3, -0.25) is 14.9 Å². The maximum Gasteiger partial charge on any atom is 0.275 e. The molecule has 3 aromatic rings. The molecule has 1 aromatic heterocycles. The largest absolute Gasteiger partial charge is 0.507 e. The van der Waals surface area contributed by atoms with Gasteiger partial charge in [-0.2, -0.15) is 5.10 Å². The first kappa shape index (κ1) is 18.2. The molecule has 1 heterocycles. The van der Waals surface area contributed by atoms with Crippen LogP contribution in [0.1, 0.15) is 16.1 Å². The summed E-state index contributed by atoms with van der Waals surface area (Å²) in [6.07, 6.45) is 3.17. The van der Waals surface area contributed by atoms with Crippen LogP contribution in [0.4, 0.5) is 5.69 Å². The number of hydrazone groups is 1. The number of phenols is 1. The molecule has 0 aliphatic rings. The van der Waals surface area contributed by atoms with E-state index in [1.54, 1.807) is 35.0 Å². The Bertz CT molecular complexity index is 1030. The number of nitrogens with zero attached hydrogens (tertiary/aromatic N) is 3. The lowest BCUT2D eigenvalue weighted by Gasteiger charge is -2.06. The SMILES string of the molecule is O=C(N/N=C\c1cccn1-c1ccc([N+](=O)[O-])cc1)c1cc(Cl)ccc1O. The molecule has 0 saturated heterocycles. The number of halogens is 1. The van der Waals surface area contributed by atoms with Gasteiger partial charge in [0.15, 0.2) is 0 Å². The third-order valence-corrected chi connectivity index (χ3v) is 3.92. The van der Waals surface area contributed by atoms with E-state index in [0.29, 0.717) is 16.4 Å². The summed E-state index contributed by atoms with van der Waals surface area (Å²) < 4.78 is 1.75. The Kier molecular flexibility index (Phi) is 5.18. The number of hydrogen-bond donors (Lipinski definition) is 2. The van der Waals surface area contributed by atoms with Gasteiger partial charge in [-0.25, -0.2) is 5.43 Å². The summed E-state index contributed by atoms with van der Waals surface area (Å²) in [5.74, 6) is -0.818. The molecular weight excluding hydrogens is 372 g/mol. The number of carbonyl (C=O) groups is 1. The fourth-order valence-electron chi connectivity index (χ4n) is 2.38. The van der Waals surface area contributed by atoms with Crippen molar-refractivity contribution in [2.45, 2.75) is 0 Å². The van der Waals surface area contributed by atoms with E-state index >= 15 is 0 Å². The zero-order valence-electron chi connectivity index (χ0n) is 13.7. The molecule has 2 N–H and O–H groups in total. The minimum Gasteiger partial charge on any atom is -0.507 e. The van der Waals surface area contributed by atoms with E-state index < -0.39 is 10.8 Å². The number of aromatic hydroxyl groups is 1. The van der Waals surface area contributed by atoms with E-state index in [1.165, 1.54) is 36.5 Å². The average Bonchev–Trinajstić information content (AvgIpc) is 3.12. The molecular formula is C18H13ClN4O4. The van der Waals surface area contributed by atoms with Crippen molar-refractivity contribution in [1.29, 1.82) is 0 Å².